The molecule has 34 heavy (non-hydrogen) atoms. The third-order valence-corrected chi connectivity index (χ3v) is 4.75. The smallest absolute Gasteiger partial charge is 0.278 e. The fraction of sp³-hybridized carbons (Fsp3) is 0.200. The number of hydrazone groups is 1. The number of non-ortho nitro benzene ring substituents is 1. The van der Waals surface area contributed by atoms with Crippen molar-refractivity contribution in [3.8, 4) is 0 Å². The molecule has 0 amide bonds. The number of nitro groups is 2. The first-order valence-electron chi connectivity index (χ1n) is 10.1. The molecule has 1 saturated heterocycles. The Kier molecular flexibility index (Phi) is 6.78. The Hall–Kier alpha value is -4.72. The molecule has 0 radical (unpaired) electrons. The first-order valence-corrected chi connectivity index (χ1v) is 10.1. The van der Waals surface area contributed by atoms with Gasteiger partial charge in [0.2, 0.25) is 17.8 Å². The molecule has 2 heterocycles. The van der Waals surface area contributed by atoms with E-state index in [0.717, 1.165) is 0 Å². The number of ether oxygens (including phenoxy) is 1. The average Bonchev–Trinajstić information content (AvgIpc) is 2.85. The van der Waals surface area contributed by atoms with Gasteiger partial charge in [-0.1, -0.05) is 12.1 Å². The number of hydrogen-bond acceptors (Lipinski definition) is 12. The third-order valence-electron chi connectivity index (χ3n) is 4.75. The zero-order chi connectivity index (χ0) is 23.9. The summed E-state index contributed by atoms with van der Waals surface area (Å²) in [5.74, 6) is 0.676. The van der Waals surface area contributed by atoms with Gasteiger partial charge >= 0.3 is 0 Å². The van der Waals surface area contributed by atoms with E-state index in [2.05, 4.69) is 30.8 Å². The second-order valence-electron chi connectivity index (χ2n) is 7.00. The molecule has 0 atom stereocenters. The van der Waals surface area contributed by atoms with Crippen molar-refractivity contribution in [2.45, 2.75) is 0 Å². The van der Waals surface area contributed by atoms with Crippen LogP contribution in [0.15, 0.2) is 53.6 Å². The van der Waals surface area contributed by atoms with Crippen molar-refractivity contribution < 1.29 is 14.6 Å². The molecule has 0 aliphatic carbocycles. The summed E-state index contributed by atoms with van der Waals surface area (Å²) in [6.07, 6.45) is 1.31. The van der Waals surface area contributed by atoms with E-state index in [0.29, 0.717) is 43.5 Å². The largest absolute Gasteiger partial charge is 0.378 e. The van der Waals surface area contributed by atoms with Crippen molar-refractivity contribution in [3.63, 3.8) is 0 Å². The Labute approximate surface area is 192 Å². The molecule has 2 N–H and O–H groups in total. The monoisotopic (exact) mass is 465 g/mol. The molecular weight excluding hydrogens is 446 g/mol. The van der Waals surface area contributed by atoms with Crippen LogP contribution < -0.4 is 15.6 Å². The van der Waals surface area contributed by atoms with Crippen LogP contribution in [0, 0.1) is 20.2 Å². The lowest BCUT2D eigenvalue weighted by Gasteiger charge is -2.27. The Balaban J connectivity index is 1.58. The molecule has 2 aromatic carbocycles. The van der Waals surface area contributed by atoms with Gasteiger partial charge < -0.3 is 15.0 Å². The lowest BCUT2D eigenvalue weighted by Crippen LogP contribution is -2.37. The molecule has 1 aliphatic rings. The number of nitro benzene ring substituents is 2. The van der Waals surface area contributed by atoms with Gasteiger partial charge in [0, 0.05) is 37.0 Å². The maximum absolute atomic E-state index is 11.2. The minimum Gasteiger partial charge on any atom is -0.378 e. The van der Waals surface area contributed by atoms with Crippen molar-refractivity contribution in [2.75, 3.05) is 41.9 Å². The molecule has 3 aromatic rings. The highest BCUT2D eigenvalue weighted by Gasteiger charge is 2.17. The maximum atomic E-state index is 11.2. The Morgan fingerprint density at radius 1 is 0.941 bits per heavy atom. The standard InChI is InChI=1S/C20H19N9O5/c30-28(31)16-7-5-15(6-8-16)22-18-23-19(25-20(24-18)27-9-11-34-12-10-27)26-21-13-14-3-1-2-4-17(14)29(32)33/h1-8,13H,9-12H2,(H2,22,23,24,25,26). The van der Waals surface area contributed by atoms with Crippen molar-refractivity contribution in [3.05, 3.63) is 74.3 Å². The van der Waals surface area contributed by atoms with Gasteiger partial charge in [-0.15, -0.1) is 0 Å². The van der Waals surface area contributed by atoms with Crippen LogP contribution in [0.4, 0.5) is 34.9 Å². The molecule has 0 unspecified atom stereocenters. The molecule has 174 valence electrons. The fourth-order valence-corrected chi connectivity index (χ4v) is 3.09. The summed E-state index contributed by atoms with van der Waals surface area (Å²) < 4.78 is 5.37. The highest BCUT2D eigenvalue weighted by molar-refractivity contribution is 5.85. The molecule has 0 bridgehead atoms. The van der Waals surface area contributed by atoms with Crippen LogP contribution in [0.1, 0.15) is 5.56 Å². The first-order chi connectivity index (χ1) is 16.5. The quantitative estimate of drug-likeness (QED) is 0.284. The summed E-state index contributed by atoms with van der Waals surface area (Å²) >= 11 is 0. The van der Waals surface area contributed by atoms with Crippen LogP contribution in [0.3, 0.4) is 0 Å². The van der Waals surface area contributed by atoms with Gasteiger partial charge in [0.05, 0.1) is 34.8 Å². The fourth-order valence-electron chi connectivity index (χ4n) is 3.09. The van der Waals surface area contributed by atoms with E-state index in [1.807, 2.05) is 4.90 Å². The number of anilines is 4. The summed E-state index contributed by atoms with van der Waals surface area (Å²) in [6, 6.07) is 12.0. The molecule has 0 saturated carbocycles. The predicted molar refractivity (Wildman–Crippen MR) is 124 cm³/mol. The lowest BCUT2D eigenvalue weighted by atomic mass is 10.2. The molecule has 1 fully saturated rings. The molecule has 0 spiro atoms. The van der Waals surface area contributed by atoms with Gasteiger partial charge in [0.15, 0.2) is 0 Å². The average molecular weight is 465 g/mol. The van der Waals surface area contributed by atoms with Crippen LogP contribution in [0.2, 0.25) is 0 Å². The normalized spacial score (nSPS) is 13.6. The van der Waals surface area contributed by atoms with E-state index < -0.39 is 9.85 Å². The number of para-hydroxylation sites is 1. The van der Waals surface area contributed by atoms with Gasteiger partial charge in [-0.05, 0) is 18.2 Å². The van der Waals surface area contributed by atoms with Gasteiger partial charge in [-0.3, -0.25) is 20.2 Å². The number of morpholine rings is 1. The molecule has 14 nitrogen and oxygen atoms in total. The number of benzene rings is 2. The Morgan fingerprint density at radius 2 is 1.65 bits per heavy atom. The summed E-state index contributed by atoms with van der Waals surface area (Å²) in [7, 11) is 0. The van der Waals surface area contributed by atoms with E-state index in [1.54, 1.807) is 18.2 Å². The van der Waals surface area contributed by atoms with Gasteiger partial charge in [0.25, 0.3) is 11.4 Å². The number of nitrogens with one attached hydrogen (secondary N) is 2. The van der Waals surface area contributed by atoms with E-state index in [1.165, 1.54) is 36.5 Å². The molecular formula is C20H19N9O5. The van der Waals surface area contributed by atoms with Crippen LogP contribution in [0.25, 0.3) is 0 Å². The summed E-state index contributed by atoms with van der Waals surface area (Å²) in [5.41, 5.74) is 3.41. The number of nitrogens with zero attached hydrogens (tertiary/aromatic N) is 7. The van der Waals surface area contributed by atoms with E-state index in [-0.39, 0.29) is 23.3 Å². The SMILES string of the molecule is O=[N+]([O-])c1ccc(Nc2nc(NN=Cc3ccccc3[N+](=O)[O-])nc(N3CCOCC3)n2)cc1. The summed E-state index contributed by atoms with van der Waals surface area (Å²) in [4.78, 5) is 36.1. The van der Waals surface area contributed by atoms with Crippen molar-refractivity contribution >= 4 is 41.1 Å². The number of rotatable bonds is 8. The minimum absolute atomic E-state index is 0.0399. The molecule has 14 heteroatoms. The summed E-state index contributed by atoms with van der Waals surface area (Å²) in [5, 5.41) is 29.1. The van der Waals surface area contributed by atoms with Crippen LogP contribution >= 0.6 is 0 Å². The second kappa shape index (κ2) is 10.3. The van der Waals surface area contributed by atoms with Crippen molar-refractivity contribution in [1.29, 1.82) is 0 Å². The van der Waals surface area contributed by atoms with Gasteiger partial charge in [0.1, 0.15) is 0 Å². The molecule has 4 rings (SSSR count). The zero-order valence-corrected chi connectivity index (χ0v) is 17.7. The van der Waals surface area contributed by atoms with E-state index in [4.69, 9.17) is 4.74 Å². The lowest BCUT2D eigenvalue weighted by molar-refractivity contribution is -0.385. The van der Waals surface area contributed by atoms with Crippen molar-refractivity contribution in [1.82, 2.24) is 15.0 Å². The van der Waals surface area contributed by atoms with Crippen molar-refractivity contribution in [2.24, 2.45) is 5.10 Å². The topological polar surface area (TPSA) is 174 Å². The molecule has 1 aliphatic heterocycles. The minimum atomic E-state index is -0.493. The van der Waals surface area contributed by atoms with Crippen LogP contribution in [-0.4, -0.2) is 57.3 Å². The maximum Gasteiger partial charge on any atom is 0.278 e. The first kappa shape index (κ1) is 22.5. The second-order valence-corrected chi connectivity index (χ2v) is 7.00. The van der Waals surface area contributed by atoms with Gasteiger partial charge in [-0.25, -0.2) is 5.43 Å². The van der Waals surface area contributed by atoms with Crippen LogP contribution in [-0.2, 0) is 4.74 Å². The van der Waals surface area contributed by atoms with E-state index in [9.17, 15) is 20.2 Å². The Bertz CT molecular complexity index is 1210. The number of aromatic nitrogens is 3. The highest BCUT2D eigenvalue weighted by Crippen LogP contribution is 2.21. The highest BCUT2D eigenvalue weighted by atomic mass is 16.6. The molecule has 1 aromatic heterocycles. The van der Waals surface area contributed by atoms with Crippen LogP contribution in [0.5, 0.6) is 0 Å². The number of hydrogen-bond donors (Lipinski definition) is 2. The van der Waals surface area contributed by atoms with E-state index >= 15 is 0 Å². The van der Waals surface area contributed by atoms with Gasteiger partial charge in [-0.2, -0.15) is 20.1 Å². The predicted octanol–water partition coefficient (Wildman–Crippen LogP) is 2.71. The Morgan fingerprint density at radius 3 is 2.35 bits per heavy atom. The summed E-state index contributed by atoms with van der Waals surface area (Å²) in [6.45, 7) is 2.21. The third kappa shape index (κ3) is 5.55. The zero-order valence-electron chi connectivity index (χ0n) is 17.7.